The number of amides is 1. The van der Waals surface area contributed by atoms with Gasteiger partial charge < -0.3 is 4.90 Å². The number of halogens is 3. The lowest BCUT2D eigenvalue weighted by molar-refractivity contribution is -0.141. The fourth-order valence-electron chi connectivity index (χ4n) is 4.94. The number of aromatic nitrogens is 1. The largest absolute Gasteiger partial charge is 0.433 e. The summed E-state index contributed by atoms with van der Waals surface area (Å²) in [4.78, 5) is 31.6. The molecule has 1 aliphatic heterocycles. The van der Waals surface area contributed by atoms with Crippen molar-refractivity contribution in [3.8, 4) is 0 Å². The lowest BCUT2D eigenvalue weighted by Gasteiger charge is -2.43. The molecule has 1 amide bonds. The van der Waals surface area contributed by atoms with Crippen molar-refractivity contribution in [3.05, 3.63) is 64.5 Å². The summed E-state index contributed by atoms with van der Waals surface area (Å²) in [6.07, 6.45) is -0.315. The molecule has 4 nitrogen and oxygen atoms in total. The van der Waals surface area contributed by atoms with Crippen LogP contribution in [0.1, 0.15) is 75.7 Å². The van der Waals surface area contributed by atoms with Crippen LogP contribution in [0.4, 0.5) is 13.2 Å². The molecule has 2 fully saturated rings. The number of nitrogens with zero attached hydrogens (tertiary/aromatic N) is 2. The molecule has 7 heteroatoms. The van der Waals surface area contributed by atoms with Gasteiger partial charge in [-0.3, -0.25) is 9.59 Å². The van der Waals surface area contributed by atoms with Crippen LogP contribution in [0.2, 0.25) is 0 Å². The molecule has 1 spiro atoms. The Bertz CT molecular complexity index is 1050. The average molecular weight is 428 g/mol. The molecule has 0 N–H and O–H groups in total. The van der Waals surface area contributed by atoms with E-state index in [1.165, 1.54) is 6.07 Å². The summed E-state index contributed by atoms with van der Waals surface area (Å²) in [5.74, 6) is -0.257. The summed E-state index contributed by atoms with van der Waals surface area (Å²) in [6.45, 7) is 0.740. The number of carbonyl (C=O) groups is 2. The Morgan fingerprint density at radius 2 is 1.77 bits per heavy atom. The predicted molar refractivity (Wildman–Crippen MR) is 108 cm³/mol. The molecule has 0 unspecified atom stereocenters. The van der Waals surface area contributed by atoms with E-state index in [2.05, 4.69) is 4.98 Å². The third kappa shape index (κ3) is 3.64. The van der Waals surface area contributed by atoms with Crippen molar-refractivity contribution in [2.45, 2.75) is 50.6 Å². The Morgan fingerprint density at radius 1 is 1.06 bits per heavy atom. The second kappa shape index (κ2) is 7.18. The monoisotopic (exact) mass is 428 g/mol. The van der Waals surface area contributed by atoms with Gasteiger partial charge in [0.05, 0.1) is 0 Å². The standard InChI is InChI=1S/C24H23F3N2O2/c25-24(26,27)20-14-17(13-19(28-20)16-5-6-16)22(31)29-11-9-23(10-12-29)8-7-15-3-1-2-4-18(15)21(23)30/h1-4,13-14,16H,5-12H2. The molecular formula is C24H23F3N2O2. The molecule has 162 valence electrons. The number of hydrogen-bond donors (Lipinski definition) is 0. The number of hydrogen-bond acceptors (Lipinski definition) is 3. The zero-order chi connectivity index (χ0) is 21.8. The van der Waals surface area contributed by atoms with Crippen molar-refractivity contribution < 1.29 is 22.8 Å². The quantitative estimate of drug-likeness (QED) is 0.674. The molecule has 31 heavy (non-hydrogen) atoms. The van der Waals surface area contributed by atoms with Crippen LogP contribution in [-0.2, 0) is 12.6 Å². The summed E-state index contributed by atoms with van der Waals surface area (Å²) < 4.78 is 39.9. The minimum Gasteiger partial charge on any atom is -0.339 e. The van der Waals surface area contributed by atoms with Gasteiger partial charge in [-0.05, 0) is 56.2 Å². The Balaban J connectivity index is 1.35. The number of pyridine rings is 1. The van der Waals surface area contributed by atoms with Crippen LogP contribution in [0.5, 0.6) is 0 Å². The number of benzene rings is 1. The van der Waals surface area contributed by atoms with E-state index in [1.54, 1.807) is 4.90 Å². The van der Waals surface area contributed by atoms with Gasteiger partial charge in [-0.2, -0.15) is 13.2 Å². The van der Waals surface area contributed by atoms with Crippen molar-refractivity contribution in [1.82, 2.24) is 9.88 Å². The molecule has 2 heterocycles. The fourth-order valence-corrected chi connectivity index (χ4v) is 4.94. The maximum absolute atomic E-state index is 13.3. The number of alkyl halides is 3. The van der Waals surface area contributed by atoms with Crippen LogP contribution in [0, 0.1) is 5.41 Å². The van der Waals surface area contributed by atoms with Crippen molar-refractivity contribution >= 4 is 11.7 Å². The second-order valence-electron chi connectivity index (χ2n) is 9.00. The number of fused-ring (bicyclic) bond motifs is 1. The number of aryl methyl sites for hydroxylation is 1. The third-order valence-electron chi connectivity index (χ3n) is 7.00. The number of Topliss-reactive ketones (excluding diaryl/α,β-unsaturated/α-hetero) is 1. The second-order valence-corrected chi connectivity index (χ2v) is 9.00. The Labute approximate surface area is 178 Å². The first kappa shape index (κ1) is 20.2. The molecule has 2 aliphatic carbocycles. The topological polar surface area (TPSA) is 50.3 Å². The van der Waals surface area contributed by atoms with Gasteiger partial charge in [0.1, 0.15) is 5.69 Å². The highest BCUT2D eigenvalue weighted by Gasteiger charge is 2.45. The van der Waals surface area contributed by atoms with E-state index in [4.69, 9.17) is 0 Å². The van der Waals surface area contributed by atoms with Crippen LogP contribution in [-0.4, -0.2) is 34.7 Å². The van der Waals surface area contributed by atoms with E-state index in [-0.39, 0.29) is 17.3 Å². The first-order valence-electron chi connectivity index (χ1n) is 10.8. The van der Waals surface area contributed by atoms with Crippen molar-refractivity contribution in [2.24, 2.45) is 5.41 Å². The first-order chi connectivity index (χ1) is 14.8. The highest BCUT2D eigenvalue weighted by molar-refractivity contribution is 6.03. The van der Waals surface area contributed by atoms with Gasteiger partial charge in [0.15, 0.2) is 5.78 Å². The zero-order valence-corrected chi connectivity index (χ0v) is 17.0. The molecular weight excluding hydrogens is 405 g/mol. The lowest BCUT2D eigenvalue weighted by Crippen LogP contribution is -2.48. The minimum atomic E-state index is -4.59. The van der Waals surface area contributed by atoms with Crippen LogP contribution in [0.3, 0.4) is 0 Å². The molecule has 1 aromatic heterocycles. The van der Waals surface area contributed by atoms with Gasteiger partial charge in [0.25, 0.3) is 5.91 Å². The molecule has 5 rings (SSSR count). The molecule has 0 bridgehead atoms. The van der Waals surface area contributed by atoms with Crippen molar-refractivity contribution in [1.29, 1.82) is 0 Å². The Hall–Kier alpha value is -2.70. The van der Waals surface area contributed by atoms with E-state index < -0.39 is 23.2 Å². The van der Waals surface area contributed by atoms with Crippen LogP contribution >= 0.6 is 0 Å². The third-order valence-corrected chi connectivity index (χ3v) is 7.00. The average Bonchev–Trinajstić information content (AvgIpc) is 3.61. The minimum absolute atomic E-state index is 0.0124. The summed E-state index contributed by atoms with van der Waals surface area (Å²) in [7, 11) is 0. The molecule has 0 atom stereocenters. The molecule has 1 aromatic carbocycles. The SMILES string of the molecule is O=C(c1cc(C2CC2)nc(C(F)(F)F)c1)N1CCC2(CCc3ccccc3C2=O)CC1. The van der Waals surface area contributed by atoms with E-state index in [0.717, 1.165) is 42.9 Å². The van der Waals surface area contributed by atoms with Crippen LogP contribution in [0.15, 0.2) is 36.4 Å². The number of ketones is 1. The maximum atomic E-state index is 13.3. The Kier molecular flexibility index (Phi) is 4.68. The Morgan fingerprint density at radius 3 is 2.45 bits per heavy atom. The number of likely N-dealkylation sites (tertiary alicyclic amines) is 1. The fraction of sp³-hybridized carbons (Fsp3) is 0.458. The predicted octanol–water partition coefficient (Wildman–Crippen LogP) is 5.03. The van der Waals surface area contributed by atoms with E-state index in [0.29, 0.717) is 31.6 Å². The molecule has 1 saturated heterocycles. The van der Waals surface area contributed by atoms with Crippen molar-refractivity contribution in [3.63, 3.8) is 0 Å². The smallest absolute Gasteiger partial charge is 0.339 e. The van der Waals surface area contributed by atoms with Crippen LogP contribution in [0.25, 0.3) is 0 Å². The molecule has 2 aromatic rings. The highest BCUT2D eigenvalue weighted by Crippen LogP contribution is 2.44. The molecule has 3 aliphatic rings. The van der Waals surface area contributed by atoms with Gasteiger partial charge in [0, 0.05) is 41.2 Å². The lowest BCUT2D eigenvalue weighted by atomic mass is 9.65. The van der Waals surface area contributed by atoms with Gasteiger partial charge in [-0.25, -0.2) is 4.98 Å². The van der Waals surface area contributed by atoms with Crippen LogP contribution < -0.4 is 0 Å². The number of carbonyl (C=O) groups excluding carboxylic acids is 2. The number of piperidine rings is 1. The van der Waals surface area contributed by atoms with E-state index in [9.17, 15) is 22.8 Å². The normalized spacial score (nSPS) is 20.6. The van der Waals surface area contributed by atoms with Gasteiger partial charge in [-0.1, -0.05) is 24.3 Å². The maximum Gasteiger partial charge on any atom is 0.433 e. The van der Waals surface area contributed by atoms with E-state index >= 15 is 0 Å². The van der Waals surface area contributed by atoms with E-state index in [1.807, 2.05) is 24.3 Å². The summed E-state index contributed by atoms with van der Waals surface area (Å²) in [5, 5.41) is 0. The first-order valence-corrected chi connectivity index (χ1v) is 10.8. The summed E-state index contributed by atoms with van der Waals surface area (Å²) in [6, 6.07) is 10.0. The van der Waals surface area contributed by atoms with Gasteiger partial charge >= 0.3 is 6.18 Å². The highest BCUT2D eigenvalue weighted by atomic mass is 19.4. The zero-order valence-electron chi connectivity index (χ0n) is 17.0. The molecule has 1 saturated carbocycles. The number of rotatable bonds is 2. The summed E-state index contributed by atoms with van der Waals surface area (Å²) >= 11 is 0. The van der Waals surface area contributed by atoms with Gasteiger partial charge in [0.2, 0.25) is 0 Å². The van der Waals surface area contributed by atoms with Gasteiger partial charge in [-0.15, -0.1) is 0 Å². The van der Waals surface area contributed by atoms with Crippen molar-refractivity contribution in [2.75, 3.05) is 13.1 Å². The summed E-state index contributed by atoms with van der Waals surface area (Å²) in [5.41, 5.74) is 0.755. The molecule has 0 radical (unpaired) electrons.